The molecule has 0 spiro atoms. The molecule has 3 heterocycles. The van der Waals surface area contributed by atoms with Crippen LogP contribution in [-0.4, -0.2) is 34.7 Å². The molecular weight excluding hydrogens is 628 g/mol. The minimum Gasteiger partial charge on any atom is -0.342 e. The van der Waals surface area contributed by atoms with Gasteiger partial charge in [0.15, 0.2) is 5.82 Å². The topological polar surface area (TPSA) is 82.3 Å². The summed E-state index contributed by atoms with van der Waals surface area (Å²) in [7, 11) is 0. The standard InChI is InChI=1S/C20H12F5N7.Pt/c1-19(2,15-7-26-6-14(29-15)12-4-3-11(21)5-13(12)22)16-8-27-9-17(30-16)32-10-28-18(31-32)20(23,24)25;/h3,5-9H,1-2H3;/q-2;+2. The van der Waals surface area contributed by atoms with E-state index >= 15 is 0 Å². The maximum atomic E-state index is 14.2. The van der Waals surface area contributed by atoms with Gasteiger partial charge in [-0.15, -0.1) is 12.1 Å². The third-order valence-electron chi connectivity index (χ3n) is 4.57. The predicted molar refractivity (Wildman–Crippen MR) is 99.1 cm³/mol. The Morgan fingerprint density at radius 3 is 2.24 bits per heavy atom. The summed E-state index contributed by atoms with van der Waals surface area (Å²) in [6.45, 7) is 3.46. The Kier molecular flexibility index (Phi) is 6.69. The zero-order valence-electron chi connectivity index (χ0n) is 16.8. The van der Waals surface area contributed by atoms with Crippen LogP contribution in [0.15, 0.2) is 36.9 Å². The fourth-order valence-electron chi connectivity index (χ4n) is 2.78. The molecule has 0 aliphatic rings. The summed E-state index contributed by atoms with van der Waals surface area (Å²) in [5, 5.41) is 3.34. The van der Waals surface area contributed by atoms with Crippen LogP contribution in [0.25, 0.3) is 17.1 Å². The van der Waals surface area contributed by atoms with Gasteiger partial charge >= 0.3 is 27.2 Å². The molecule has 1 aromatic carbocycles. The smallest absolute Gasteiger partial charge is 0.342 e. The van der Waals surface area contributed by atoms with Gasteiger partial charge < -0.3 is 9.67 Å². The van der Waals surface area contributed by atoms with E-state index in [4.69, 9.17) is 0 Å². The molecule has 4 aromatic rings. The van der Waals surface area contributed by atoms with Gasteiger partial charge in [0.2, 0.25) is 0 Å². The van der Waals surface area contributed by atoms with Crippen LogP contribution in [0.5, 0.6) is 0 Å². The number of rotatable bonds is 4. The van der Waals surface area contributed by atoms with Crippen molar-refractivity contribution in [3.8, 4) is 17.1 Å². The van der Waals surface area contributed by atoms with Crippen molar-refractivity contribution >= 4 is 0 Å². The van der Waals surface area contributed by atoms with Gasteiger partial charge in [-0.2, -0.15) is 13.2 Å². The first-order valence-corrected chi connectivity index (χ1v) is 9.00. The van der Waals surface area contributed by atoms with Crippen LogP contribution in [0.2, 0.25) is 0 Å². The van der Waals surface area contributed by atoms with E-state index in [1.807, 2.05) is 0 Å². The van der Waals surface area contributed by atoms with Crippen LogP contribution in [0.4, 0.5) is 22.0 Å². The third-order valence-corrected chi connectivity index (χ3v) is 4.57. The molecule has 0 N–H and O–H groups in total. The first-order chi connectivity index (χ1) is 15.1. The Balaban J connectivity index is 0.00000306. The largest absolute Gasteiger partial charge is 2.00 e. The number of aromatic nitrogens is 7. The Bertz CT molecular complexity index is 1290. The number of alkyl halides is 3. The number of benzene rings is 1. The van der Waals surface area contributed by atoms with Crippen LogP contribution < -0.4 is 0 Å². The molecule has 33 heavy (non-hydrogen) atoms. The summed E-state index contributed by atoms with van der Waals surface area (Å²) in [5.41, 5.74) is -0.208. The molecule has 172 valence electrons. The quantitative estimate of drug-likeness (QED) is 0.250. The minimum atomic E-state index is -4.73. The minimum absolute atomic E-state index is 0. The maximum Gasteiger partial charge on any atom is 2.00 e. The van der Waals surface area contributed by atoms with Crippen LogP contribution in [0.3, 0.4) is 0 Å². The maximum absolute atomic E-state index is 14.2. The summed E-state index contributed by atoms with van der Waals surface area (Å²) < 4.78 is 66.4. The molecule has 0 aliphatic heterocycles. The van der Waals surface area contributed by atoms with Crippen LogP contribution in [0.1, 0.15) is 31.1 Å². The molecule has 0 amide bonds. The molecule has 0 radical (unpaired) electrons. The summed E-state index contributed by atoms with van der Waals surface area (Å²) >= 11 is 0. The molecule has 0 aliphatic carbocycles. The Morgan fingerprint density at radius 1 is 0.939 bits per heavy atom. The van der Waals surface area contributed by atoms with Gasteiger partial charge in [0, 0.05) is 48.4 Å². The van der Waals surface area contributed by atoms with Gasteiger partial charge in [-0.3, -0.25) is 28.7 Å². The Morgan fingerprint density at radius 2 is 1.61 bits per heavy atom. The summed E-state index contributed by atoms with van der Waals surface area (Å²) in [6, 6.07) is 4.18. The molecular formula is C20H12F5N7Pt. The van der Waals surface area contributed by atoms with Gasteiger partial charge in [0.1, 0.15) is 0 Å². The van der Waals surface area contributed by atoms with Crippen molar-refractivity contribution in [1.82, 2.24) is 34.7 Å². The van der Waals surface area contributed by atoms with Crippen LogP contribution >= 0.6 is 0 Å². The first-order valence-electron chi connectivity index (χ1n) is 9.00. The summed E-state index contributed by atoms with van der Waals surface area (Å²) in [6.07, 6.45) is 2.74. The zero-order valence-corrected chi connectivity index (χ0v) is 19.1. The van der Waals surface area contributed by atoms with Crippen molar-refractivity contribution in [1.29, 1.82) is 0 Å². The monoisotopic (exact) mass is 640 g/mol. The average Bonchev–Trinajstić information content (AvgIpc) is 3.25. The van der Waals surface area contributed by atoms with Gasteiger partial charge in [-0.05, 0) is 13.8 Å². The van der Waals surface area contributed by atoms with Gasteiger partial charge in [-0.25, -0.2) is 5.10 Å². The second kappa shape index (κ2) is 9.01. The van der Waals surface area contributed by atoms with Gasteiger partial charge in [-0.1, -0.05) is 11.6 Å². The number of halogens is 5. The fraction of sp³-hybridized carbons (Fsp3) is 0.200. The second-order valence-electron chi connectivity index (χ2n) is 7.16. The van der Waals surface area contributed by atoms with E-state index in [1.54, 1.807) is 13.8 Å². The van der Waals surface area contributed by atoms with E-state index < -0.39 is 29.1 Å². The van der Waals surface area contributed by atoms with Crippen molar-refractivity contribution in [3.63, 3.8) is 0 Å². The zero-order chi connectivity index (χ0) is 23.1. The average molecular weight is 640 g/mol. The Labute approximate surface area is 198 Å². The first kappa shape index (κ1) is 24.5. The third kappa shape index (κ3) is 4.95. The molecule has 7 nitrogen and oxygen atoms in total. The van der Waals surface area contributed by atoms with E-state index in [-0.39, 0.29) is 38.1 Å². The van der Waals surface area contributed by atoms with Gasteiger partial charge in [0.25, 0.3) is 0 Å². The predicted octanol–water partition coefficient (Wildman–Crippen LogP) is 3.74. The number of hydrogen-bond acceptors (Lipinski definition) is 6. The SMILES string of the molecule is CC(C)(c1cncc(-c2[c-]cc(F)cc2F)n1)c1cncc(-n2[c-]nc(C(F)(F)F)n2)n1.[Pt+2]. The number of nitrogens with zero attached hydrogens (tertiary/aromatic N) is 7. The molecule has 4 rings (SSSR count). The molecule has 0 unspecified atom stereocenters. The van der Waals surface area contributed by atoms with E-state index in [0.29, 0.717) is 17.5 Å². The Hall–Kier alpha value is -3.14. The van der Waals surface area contributed by atoms with E-state index in [0.717, 1.165) is 10.7 Å². The van der Waals surface area contributed by atoms with E-state index in [9.17, 15) is 22.0 Å². The molecule has 0 saturated heterocycles. The summed E-state index contributed by atoms with van der Waals surface area (Å²) in [5.74, 6) is -3.03. The van der Waals surface area contributed by atoms with Crippen molar-refractivity contribution < 1.29 is 43.0 Å². The molecule has 13 heteroatoms. The van der Waals surface area contributed by atoms with Crippen LogP contribution in [-0.2, 0) is 32.7 Å². The fourth-order valence-corrected chi connectivity index (χ4v) is 2.78. The second-order valence-corrected chi connectivity index (χ2v) is 7.16. The molecule has 0 bridgehead atoms. The van der Waals surface area contributed by atoms with Crippen molar-refractivity contribution in [2.24, 2.45) is 0 Å². The molecule has 0 fully saturated rings. The van der Waals surface area contributed by atoms with E-state index in [1.165, 1.54) is 24.8 Å². The van der Waals surface area contributed by atoms with Crippen molar-refractivity contribution in [2.45, 2.75) is 25.4 Å². The molecule has 0 saturated carbocycles. The van der Waals surface area contributed by atoms with Crippen molar-refractivity contribution in [2.75, 3.05) is 0 Å². The summed E-state index contributed by atoms with van der Waals surface area (Å²) in [4.78, 5) is 19.9. The van der Waals surface area contributed by atoms with E-state index in [2.05, 4.69) is 42.4 Å². The molecule has 0 atom stereocenters. The van der Waals surface area contributed by atoms with Crippen molar-refractivity contribution in [3.05, 3.63) is 78.2 Å². The number of hydrogen-bond donors (Lipinski definition) is 0. The molecule has 3 aromatic heterocycles. The van der Waals surface area contributed by atoms with Gasteiger partial charge in [0.05, 0.1) is 22.6 Å². The van der Waals surface area contributed by atoms with Crippen LogP contribution in [0, 0.1) is 24.0 Å². The normalized spacial score (nSPS) is 11.8.